The van der Waals surface area contributed by atoms with E-state index in [0.29, 0.717) is 5.49 Å². The lowest BCUT2D eigenvalue weighted by Crippen LogP contribution is -2.22. The van der Waals surface area contributed by atoms with Crippen molar-refractivity contribution in [1.82, 2.24) is 9.13 Å². The van der Waals surface area contributed by atoms with Gasteiger partial charge < -0.3 is 0 Å². The highest BCUT2D eigenvalue weighted by Gasteiger charge is 2.08. The molecule has 0 aliphatic carbocycles. The Kier molecular flexibility index (Phi) is 3.51. The SMILES string of the molecule is Cc1ccc(=N)n(-c2ccccc2-n2cc(C)ccc2=O)c1. The van der Waals surface area contributed by atoms with E-state index in [9.17, 15) is 4.79 Å². The zero-order valence-corrected chi connectivity index (χ0v) is 12.6. The minimum atomic E-state index is -0.0853. The molecule has 0 saturated carbocycles. The lowest BCUT2D eigenvalue weighted by atomic mass is 10.2. The number of aryl methyl sites for hydroxylation is 2. The second kappa shape index (κ2) is 5.48. The Labute approximate surface area is 128 Å². The number of rotatable bonds is 2. The molecule has 0 radical (unpaired) electrons. The molecule has 3 aromatic rings. The molecule has 0 aliphatic heterocycles. The molecule has 0 fully saturated rings. The normalized spacial score (nSPS) is 10.6. The van der Waals surface area contributed by atoms with Gasteiger partial charge in [0, 0.05) is 18.5 Å². The van der Waals surface area contributed by atoms with E-state index in [0.717, 1.165) is 22.5 Å². The molecule has 1 N–H and O–H groups in total. The van der Waals surface area contributed by atoms with Crippen LogP contribution in [0, 0.1) is 19.3 Å². The van der Waals surface area contributed by atoms with Crippen molar-refractivity contribution in [2.24, 2.45) is 0 Å². The van der Waals surface area contributed by atoms with Crippen LogP contribution < -0.4 is 11.0 Å². The highest BCUT2D eigenvalue weighted by Crippen LogP contribution is 2.17. The summed E-state index contributed by atoms with van der Waals surface area (Å²) in [7, 11) is 0. The first-order chi connectivity index (χ1) is 10.6. The van der Waals surface area contributed by atoms with Crippen molar-refractivity contribution in [3.8, 4) is 11.4 Å². The van der Waals surface area contributed by atoms with Crippen LogP contribution in [-0.2, 0) is 0 Å². The Bertz CT molecular complexity index is 872. The summed E-state index contributed by atoms with van der Waals surface area (Å²) in [5.41, 5.74) is 3.93. The van der Waals surface area contributed by atoms with Crippen LogP contribution in [0.25, 0.3) is 11.4 Å². The molecular formula is C18H17N3O. The fraction of sp³-hybridized carbons (Fsp3) is 0.111. The summed E-state index contributed by atoms with van der Waals surface area (Å²) in [6, 6.07) is 14.6. The molecule has 2 heterocycles. The summed E-state index contributed by atoms with van der Waals surface area (Å²) in [6.07, 6.45) is 3.73. The van der Waals surface area contributed by atoms with Crippen LogP contribution in [0.3, 0.4) is 0 Å². The molecule has 1 aromatic carbocycles. The van der Waals surface area contributed by atoms with Crippen LogP contribution in [0.1, 0.15) is 11.1 Å². The molecule has 0 saturated heterocycles. The molecule has 2 aromatic heterocycles. The molecular weight excluding hydrogens is 274 g/mol. The van der Waals surface area contributed by atoms with Gasteiger partial charge in [-0.05, 0) is 43.2 Å². The van der Waals surface area contributed by atoms with E-state index in [-0.39, 0.29) is 5.56 Å². The largest absolute Gasteiger partial charge is 0.300 e. The third kappa shape index (κ3) is 2.51. The monoisotopic (exact) mass is 291 g/mol. The summed E-state index contributed by atoms with van der Waals surface area (Å²) < 4.78 is 3.42. The third-order valence-corrected chi connectivity index (χ3v) is 3.56. The summed E-state index contributed by atoms with van der Waals surface area (Å²) in [5, 5.41) is 8.14. The van der Waals surface area contributed by atoms with Gasteiger partial charge in [-0.3, -0.25) is 19.3 Å². The Hall–Kier alpha value is -2.88. The van der Waals surface area contributed by atoms with Crippen molar-refractivity contribution in [3.05, 3.63) is 87.9 Å². The first-order valence-electron chi connectivity index (χ1n) is 7.09. The first-order valence-corrected chi connectivity index (χ1v) is 7.09. The summed E-state index contributed by atoms with van der Waals surface area (Å²) >= 11 is 0. The van der Waals surface area contributed by atoms with Gasteiger partial charge in [-0.25, -0.2) is 0 Å². The van der Waals surface area contributed by atoms with Gasteiger partial charge in [0.25, 0.3) is 5.56 Å². The topological polar surface area (TPSA) is 50.8 Å². The van der Waals surface area contributed by atoms with E-state index in [4.69, 9.17) is 5.41 Å². The van der Waals surface area contributed by atoms with E-state index in [1.54, 1.807) is 27.3 Å². The lowest BCUT2D eigenvalue weighted by Gasteiger charge is -2.15. The molecule has 0 bridgehead atoms. The van der Waals surface area contributed by atoms with E-state index < -0.39 is 0 Å². The molecule has 110 valence electrons. The quantitative estimate of drug-likeness (QED) is 0.775. The number of aromatic nitrogens is 2. The van der Waals surface area contributed by atoms with Gasteiger partial charge in [0.05, 0.1) is 11.4 Å². The van der Waals surface area contributed by atoms with Crippen molar-refractivity contribution in [1.29, 1.82) is 5.41 Å². The molecule has 0 unspecified atom stereocenters. The Morgan fingerprint density at radius 1 is 0.773 bits per heavy atom. The van der Waals surface area contributed by atoms with Crippen LogP contribution in [0.4, 0.5) is 0 Å². The first kappa shape index (κ1) is 14.1. The van der Waals surface area contributed by atoms with Crippen molar-refractivity contribution in [3.63, 3.8) is 0 Å². The minimum absolute atomic E-state index is 0.0853. The molecule has 0 atom stereocenters. The van der Waals surface area contributed by atoms with Crippen LogP contribution in [-0.4, -0.2) is 9.13 Å². The van der Waals surface area contributed by atoms with Gasteiger partial charge in [-0.2, -0.15) is 0 Å². The van der Waals surface area contributed by atoms with Gasteiger partial charge in [0.1, 0.15) is 5.49 Å². The van der Waals surface area contributed by atoms with Crippen molar-refractivity contribution < 1.29 is 0 Å². The summed E-state index contributed by atoms with van der Waals surface area (Å²) in [6.45, 7) is 3.94. The maximum absolute atomic E-state index is 12.2. The van der Waals surface area contributed by atoms with E-state index in [1.165, 1.54) is 0 Å². The van der Waals surface area contributed by atoms with Crippen LogP contribution in [0.2, 0.25) is 0 Å². The summed E-state index contributed by atoms with van der Waals surface area (Å²) in [5.74, 6) is 0. The Morgan fingerprint density at radius 3 is 2.00 bits per heavy atom. The predicted octanol–water partition coefficient (Wildman–Crippen LogP) is 2.72. The standard InChI is InChI=1S/C18H17N3O/c1-13-7-9-17(19)20(11-13)15-5-3-4-6-16(15)21-12-14(2)8-10-18(21)22/h3-12,19H,1-2H3. The van der Waals surface area contributed by atoms with E-state index >= 15 is 0 Å². The number of para-hydroxylation sites is 2. The fourth-order valence-corrected chi connectivity index (χ4v) is 2.46. The maximum atomic E-state index is 12.2. The number of nitrogens with one attached hydrogen (secondary N) is 1. The number of pyridine rings is 2. The van der Waals surface area contributed by atoms with Crippen LogP contribution in [0.5, 0.6) is 0 Å². The van der Waals surface area contributed by atoms with Crippen molar-refractivity contribution in [2.75, 3.05) is 0 Å². The highest BCUT2D eigenvalue weighted by molar-refractivity contribution is 5.53. The molecule has 0 spiro atoms. The zero-order valence-electron chi connectivity index (χ0n) is 12.6. The van der Waals surface area contributed by atoms with E-state index in [2.05, 4.69) is 0 Å². The fourth-order valence-electron chi connectivity index (χ4n) is 2.46. The van der Waals surface area contributed by atoms with E-state index in [1.807, 2.05) is 56.6 Å². The smallest absolute Gasteiger partial charge is 0.255 e. The predicted molar refractivity (Wildman–Crippen MR) is 86.7 cm³/mol. The van der Waals surface area contributed by atoms with Gasteiger partial charge in [-0.15, -0.1) is 0 Å². The zero-order chi connectivity index (χ0) is 15.7. The highest BCUT2D eigenvalue weighted by atomic mass is 16.1. The summed E-state index contributed by atoms with van der Waals surface area (Å²) in [4.78, 5) is 12.2. The maximum Gasteiger partial charge on any atom is 0.255 e. The number of hydrogen-bond donors (Lipinski definition) is 1. The Morgan fingerprint density at radius 2 is 1.32 bits per heavy atom. The molecule has 4 nitrogen and oxygen atoms in total. The average Bonchev–Trinajstić information content (AvgIpc) is 2.52. The van der Waals surface area contributed by atoms with Gasteiger partial charge in [-0.1, -0.05) is 24.3 Å². The van der Waals surface area contributed by atoms with Crippen LogP contribution >= 0.6 is 0 Å². The number of hydrogen-bond acceptors (Lipinski definition) is 2. The van der Waals surface area contributed by atoms with Crippen molar-refractivity contribution >= 4 is 0 Å². The number of nitrogens with zero attached hydrogens (tertiary/aromatic N) is 2. The second-order valence-corrected chi connectivity index (χ2v) is 5.37. The Balaban J connectivity index is 2.32. The minimum Gasteiger partial charge on any atom is -0.300 e. The molecule has 22 heavy (non-hydrogen) atoms. The molecule has 0 amide bonds. The molecule has 3 rings (SSSR count). The third-order valence-electron chi connectivity index (χ3n) is 3.56. The number of benzene rings is 1. The average molecular weight is 291 g/mol. The van der Waals surface area contributed by atoms with Gasteiger partial charge in [0.2, 0.25) is 0 Å². The molecule has 4 heteroatoms. The second-order valence-electron chi connectivity index (χ2n) is 5.37. The lowest BCUT2D eigenvalue weighted by molar-refractivity contribution is 0.883. The van der Waals surface area contributed by atoms with Gasteiger partial charge >= 0.3 is 0 Å². The molecule has 0 aliphatic rings. The van der Waals surface area contributed by atoms with Crippen LogP contribution in [0.15, 0.2) is 65.7 Å². The van der Waals surface area contributed by atoms with Gasteiger partial charge in [0.15, 0.2) is 0 Å². The van der Waals surface area contributed by atoms with Crippen molar-refractivity contribution in [2.45, 2.75) is 13.8 Å².